The maximum atomic E-state index is 6.34. The van der Waals surface area contributed by atoms with Gasteiger partial charge in [-0.05, 0) is 47.8 Å². The first-order valence-corrected chi connectivity index (χ1v) is 10.1. The van der Waals surface area contributed by atoms with Gasteiger partial charge in [0.2, 0.25) is 5.89 Å². The molecule has 0 unspecified atom stereocenters. The van der Waals surface area contributed by atoms with E-state index >= 15 is 0 Å². The maximum Gasteiger partial charge on any atom is 0.260 e. The highest BCUT2D eigenvalue weighted by atomic mass is 35.5. The molecule has 0 bridgehead atoms. The summed E-state index contributed by atoms with van der Waals surface area (Å²) in [6, 6.07) is 15.3. The molecule has 0 amide bonds. The summed E-state index contributed by atoms with van der Waals surface area (Å²) in [4.78, 5) is 7.44. The van der Waals surface area contributed by atoms with Crippen molar-refractivity contribution in [3.8, 4) is 32.8 Å². The molecule has 0 saturated carbocycles. The summed E-state index contributed by atoms with van der Waals surface area (Å²) in [5.74, 6) is 0.809. The summed E-state index contributed by atoms with van der Waals surface area (Å²) in [6.45, 7) is 0. The van der Waals surface area contributed by atoms with Crippen LogP contribution in [0.25, 0.3) is 43.0 Å². The van der Waals surface area contributed by atoms with Crippen LogP contribution in [0.2, 0.25) is 5.02 Å². The average Bonchev–Trinajstić information content (AvgIpc) is 3.42. The Hall–Kier alpha value is -2.74. The summed E-state index contributed by atoms with van der Waals surface area (Å²) in [5, 5.41) is 11.9. The highest BCUT2D eigenvalue weighted by molar-refractivity contribution is 7.22. The Bertz CT molecular complexity index is 1240. The fourth-order valence-corrected chi connectivity index (χ4v) is 4.58. The van der Waals surface area contributed by atoms with E-state index in [1.165, 1.54) is 11.3 Å². The second kappa shape index (κ2) is 6.45. The molecule has 0 radical (unpaired) electrons. The Morgan fingerprint density at radius 2 is 1.78 bits per heavy atom. The minimum Gasteiger partial charge on any atom is -0.415 e. The Labute approximate surface area is 167 Å². The van der Waals surface area contributed by atoms with Gasteiger partial charge in [0.1, 0.15) is 9.71 Å². The van der Waals surface area contributed by atoms with Crippen molar-refractivity contribution in [2.24, 2.45) is 0 Å². The third-order valence-electron chi connectivity index (χ3n) is 4.08. The molecule has 4 heterocycles. The van der Waals surface area contributed by atoms with E-state index in [9.17, 15) is 0 Å². The van der Waals surface area contributed by atoms with E-state index in [1.807, 2.05) is 41.8 Å². The molecule has 1 aromatic carbocycles. The lowest BCUT2D eigenvalue weighted by Gasteiger charge is -1.97. The Kier molecular flexibility index (Phi) is 3.93. The fourth-order valence-electron chi connectivity index (χ4n) is 2.74. The van der Waals surface area contributed by atoms with E-state index in [4.69, 9.17) is 26.7 Å². The number of thiophene rings is 2. The zero-order valence-electron chi connectivity index (χ0n) is 13.7. The van der Waals surface area contributed by atoms with Crippen molar-refractivity contribution in [2.45, 2.75) is 0 Å². The third-order valence-corrected chi connectivity index (χ3v) is 6.33. The summed E-state index contributed by atoms with van der Waals surface area (Å²) in [7, 11) is 0. The molecule has 0 aliphatic heterocycles. The van der Waals surface area contributed by atoms with Gasteiger partial charge in [0.25, 0.3) is 5.89 Å². The van der Waals surface area contributed by atoms with Gasteiger partial charge in [-0.15, -0.1) is 32.9 Å². The second-order valence-corrected chi connectivity index (χ2v) is 8.17. The molecule has 0 aliphatic carbocycles. The van der Waals surface area contributed by atoms with Gasteiger partial charge in [0, 0.05) is 16.0 Å². The number of anilines is 1. The minimum absolute atomic E-state index is 0.387. The number of hydrogen-bond donors (Lipinski definition) is 1. The second-order valence-electron chi connectivity index (χ2n) is 5.79. The van der Waals surface area contributed by atoms with Gasteiger partial charge >= 0.3 is 0 Å². The van der Waals surface area contributed by atoms with Crippen LogP contribution < -0.4 is 5.73 Å². The quantitative estimate of drug-likeness (QED) is 0.396. The molecule has 0 atom stereocenters. The van der Waals surface area contributed by atoms with Crippen molar-refractivity contribution in [3.05, 3.63) is 58.9 Å². The van der Waals surface area contributed by atoms with Crippen LogP contribution in [0.1, 0.15) is 0 Å². The van der Waals surface area contributed by atoms with Crippen LogP contribution in [0.4, 0.5) is 5.69 Å². The molecular formula is C19H11ClN4OS2. The maximum absolute atomic E-state index is 6.34. The van der Waals surface area contributed by atoms with Crippen LogP contribution in [0.5, 0.6) is 0 Å². The largest absolute Gasteiger partial charge is 0.415 e. The van der Waals surface area contributed by atoms with Crippen LogP contribution in [-0.4, -0.2) is 15.2 Å². The van der Waals surface area contributed by atoms with Gasteiger partial charge in [-0.2, -0.15) is 0 Å². The lowest BCUT2D eigenvalue weighted by atomic mass is 10.2. The van der Waals surface area contributed by atoms with Crippen LogP contribution in [-0.2, 0) is 0 Å². The van der Waals surface area contributed by atoms with Gasteiger partial charge in [-0.3, -0.25) is 0 Å². The number of halogens is 1. The number of benzene rings is 1. The summed E-state index contributed by atoms with van der Waals surface area (Å²) >= 11 is 9.03. The number of nitrogens with zero attached hydrogens (tertiary/aromatic N) is 3. The van der Waals surface area contributed by atoms with Gasteiger partial charge < -0.3 is 10.2 Å². The number of fused-ring (bicyclic) bond motifs is 1. The molecule has 0 fully saturated rings. The highest BCUT2D eigenvalue weighted by Gasteiger charge is 2.19. The topological polar surface area (TPSA) is 77.8 Å². The number of nitrogens with two attached hydrogens (primary N) is 1. The Balaban J connectivity index is 1.57. The van der Waals surface area contributed by atoms with E-state index in [-0.39, 0.29) is 0 Å². The Morgan fingerprint density at radius 1 is 0.963 bits per heavy atom. The molecule has 0 saturated heterocycles. The van der Waals surface area contributed by atoms with Crippen molar-refractivity contribution in [3.63, 3.8) is 0 Å². The van der Waals surface area contributed by atoms with Crippen LogP contribution in [0, 0.1) is 0 Å². The summed E-state index contributed by atoms with van der Waals surface area (Å²) in [6.07, 6.45) is 0. The third kappa shape index (κ3) is 2.90. The van der Waals surface area contributed by atoms with Crippen molar-refractivity contribution in [2.75, 3.05) is 5.73 Å². The van der Waals surface area contributed by atoms with Crippen molar-refractivity contribution in [1.29, 1.82) is 0 Å². The van der Waals surface area contributed by atoms with Gasteiger partial charge in [-0.1, -0.05) is 17.7 Å². The number of nitrogen functional groups attached to an aromatic ring is 1. The molecule has 0 spiro atoms. The molecule has 2 N–H and O–H groups in total. The van der Waals surface area contributed by atoms with E-state index in [0.717, 1.165) is 31.2 Å². The first kappa shape index (κ1) is 16.4. The SMILES string of the molecule is Nc1c(-c2nnc(-c3ccc(Cl)cc3)o2)sc2nc(-c3cccs3)ccc12. The van der Waals surface area contributed by atoms with Crippen molar-refractivity contribution >= 4 is 50.2 Å². The van der Waals surface area contributed by atoms with Crippen LogP contribution in [0.3, 0.4) is 0 Å². The monoisotopic (exact) mass is 410 g/mol. The zero-order valence-corrected chi connectivity index (χ0v) is 16.1. The van der Waals surface area contributed by atoms with Crippen LogP contribution >= 0.6 is 34.3 Å². The molecule has 5 nitrogen and oxygen atoms in total. The van der Waals surface area contributed by atoms with Crippen molar-refractivity contribution in [1.82, 2.24) is 15.2 Å². The number of rotatable bonds is 3. The lowest BCUT2D eigenvalue weighted by Crippen LogP contribution is -1.86. The summed E-state index contributed by atoms with van der Waals surface area (Å²) < 4.78 is 5.85. The van der Waals surface area contributed by atoms with Gasteiger partial charge in [-0.25, -0.2) is 4.98 Å². The number of aromatic nitrogens is 3. The van der Waals surface area contributed by atoms with E-state index < -0.39 is 0 Å². The van der Waals surface area contributed by atoms with Crippen molar-refractivity contribution < 1.29 is 4.42 Å². The minimum atomic E-state index is 0.387. The predicted molar refractivity (Wildman–Crippen MR) is 111 cm³/mol. The molecule has 4 aromatic heterocycles. The molecule has 0 aliphatic rings. The number of pyridine rings is 1. The first-order valence-electron chi connectivity index (χ1n) is 8.02. The molecule has 5 rings (SSSR count). The highest BCUT2D eigenvalue weighted by Crippen LogP contribution is 2.41. The molecule has 8 heteroatoms. The smallest absolute Gasteiger partial charge is 0.260 e. The normalized spacial score (nSPS) is 11.3. The Morgan fingerprint density at radius 3 is 2.56 bits per heavy atom. The number of hydrogen-bond acceptors (Lipinski definition) is 7. The molecule has 132 valence electrons. The average molecular weight is 411 g/mol. The van der Waals surface area contributed by atoms with Gasteiger partial charge in [0.05, 0.1) is 16.3 Å². The van der Waals surface area contributed by atoms with Crippen LogP contribution in [0.15, 0.2) is 58.3 Å². The van der Waals surface area contributed by atoms with E-state index in [2.05, 4.69) is 10.2 Å². The fraction of sp³-hybridized carbons (Fsp3) is 0. The molecule has 27 heavy (non-hydrogen) atoms. The molecule has 5 aromatic rings. The van der Waals surface area contributed by atoms with E-state index in [1.54, 1.807) is 23.5 Å². The predicted octanol–water partition coefficient (Wildman–Crippen LogP) is 5.98. The summed E-state index contributed by atoms with van der Waals surface area (Å²) in [5.41, 5.74) is 8.67. The molecular weight excluding hydrogens is 400 g/mol. The lowest BCUT2D eigenvalue weighted by molar-refractivity contribution is 0.586. The first-order chi connectivity index (χ1) is 13.2. The van der Waals surface area contributed by atoms with E-state index in [0.29, 0.717) is 22.5 Å². The standard InChI is InChI=1S/C19H11ClN4OS2/c20-11-5-3-10(4-6-11)17-23-24-18(25-17)16-15(21)12-7-8-13(22-19(12)27-16)14-2-1-9-26-14/h1-9H,21H2. The van der Waals surface area contributed by atoms with Gasteiger partial charge in [0.15, 0.2) is 0 Å². The zero-order chi connectivity index (χ0) is 18.4.